The maximum absolute atomic E-state index is 9.14. The molecule has 68 valence electrons. The molecule has 1 aliphatic rings. The third kappa shape index (κ3) is 2.28. The van der Waals surface area contributed by atoms with Crippen LogP contribution in [-0.4, -0.2) is 46.2 Å². The topological polar surface area (TPSA) is 72.7 Å². The van der Waals surface area contributed by atoms with E-state index in [0.717, 1.165) is 0 Å². The first-order chi connectivity index (χ1) is 4.63. The zero-order valence-electron chi connectivity index (χ0n) is 6.27. The molecular weight excluding hydrogens is 170 g/mol. The second-order valence-corrected chi connectivity index (χ2v) is 2.75. The summed E-state index contributed by atoms with van der Waals surface area (Å²) in [5.74, 6) is 0. The average molecular weight is 184 g/mol. The standard InChI is InChI=1S/C6H13NO3.ClH/c1-3-5(9)6(10)4(8)2-7-3;/h3-10H,2H2,1H3;1H/t3-,4-,5-,6+;/m1./s1. The van der Waals surface area contributed by atoms with Gasteiger partial charge in [-0.25, -0.2) is 0 Å². The van der Waals surface area contributed by atoms with Crippen molar-refractivity contribution in [1.82, 2.24) is 5.32 Å². The van der Waals surface area contributed by atoms with Gasteiger partial charge in [-0.3, -0.25) is 0 Å². The van der Waals surface area contributed by atoms with E-state index >= 15 is 0 Å². The first-order valence-corrected chi connectivity index (χ1v) is 3.40. The minimum absolute atomic E-state index is 0. The van der Waals surface area contributed by atoms with Gasteiger partial charge in [-0.1, -0.05) is 0 Å². The van der Waals surface area contributed by atoms with E-state index in [1.54, 1.807) is 6.92 Å². The summed E-state index contributed by atoms with van der Waals surface area (Å²) in [5.41, 5.74) is 0. The smallest absolute Gasteiger partial charge is 0.108 e. The molecule has 4 N–H and O–H groups in total. The molecule has 0 bridgehead atoms. The Labute approximate surface area is 71.6 Å². The van der Waals surface area contributed by atoms with Crippen molar-refractivity contribution in [3.8, 4) is 0 Å². The van der Waals surface area contributed by atoms with Gasteiger partial charge in [0, 0.05) is 12.6 Å². The Kier molecular flexibility index (Phi) is 4.28. The zero-order chi connectivity index (χ0) is 7.72. The molecule has 5 heteroatoms. The van der Waals surface area contributed by atoms with Gasteiger partial charge in [0.1, 0.15) is 6.10 Å². The molecule has 1 aliphatic heterocycles. The Bertz CT molecular complexity index is 110. The van der Waals surface area contributed by atoms with E-state index in [1.807, 2.05) is 0 Å². The van der Waals surface area contributed by atoms with Crippen LogP contribution in [0, 0.1) is 0 Å². The summed E-state index contributed by atoms with van der Waals surface area (Å²) in [6, 6.07) is -0.140. The van der Waals surface area contributed by atoms with E-state index in [2.05, 4.69) is 5.32 Å². The molecule has 0 spiro atoms. The van der Waals surface area contributed by atoms with Crippen LogP contribution in [0.4, 0.5) is 0 Å². The van der Waals surface area contributed by atoms with Crippen LogP contribution in [0.15, 0.2) is 0 Å². The fourth-order valence-corrected chi connectivity index (χ4v) is 1.07. The maximum Gasteiger partial charge on any atom is 0.108 e. The molecule has 1 rings (SSSR count). The molecule has 0 unspecified atom stereocenters. The first kappa shape index (κ1) is 11.1. The molecule has 4 nitrogen and oxygen atoms in total. The fourth-order valence-electron chi connectivity index (χ4n) is 1.07. The van der Waals surface area contributed by atoms with E-state index in [4.69, 9.17) is 15.3 Å². The lowest BCUT2D eigenvalue weighted by atomic mass is 9.98. The SMILES string of the molecule is C[C@H]1NC[C@@H](O)[C@H](O)[C@@H]1O.Cl. The monoisotopic (exact) mass is 183 g/mol. The van der Waals surface area contributed by atoms with Gasteiger partial charge in [-0.05, 0) is 6.92 Å². The van der Waals surface area contributed by atoms with Crippen LogP contribution in [0.25, 0.3) is 0 Å². The van der Waals surface area contributed by atoms with Crippen LogP contribution < -0.4 is 5.32 Å². The molecule has 0 aromatic heterocycles. The van der Waals surface area contributed by atoms with Crippen molar-refractivity contribution in [1.29, 1.82) is 0 Å². The van der Waals surface area contributed by atoms with E-state index in [-0.39, 0.29) is 18.4 Å². The quantitative estimate of drug-likeness (QED) is 0.368. The van der Waals surface area contributed by atoms with Crippen molar-refractivity contribution in [3.05, 3.63) is 0 Å². The number of aliphatic hydroxyl groups excluding tert-OH is 3. The highest BCUT2D eigenvalue weighted by atomic mass is 35.5. The predicted molar refractivity (Wildman–Crippen MR) is 42.7 cm³/mol. The second-order valence-electron chi connectivity index (χ2n) is 2.75. The number of aliphatic hydroxyl groups is 3. The Morgan fingerprint density at radius 2 is 1.73 bits per heavy atom. The Hall–Kier alpha value is 0.130. The number of β-amino-alcohol motifs (C(OH)–C–C–N with tert-alkyl or cyclic N) is 1. The Morgan fingerprint density at radius 1 is 1.18 bits per heavy atom. The average Bonchev–Trinajstić information content (AvgIpc) is 1.93. The highest BCUT2D eigenvalue weighted by molar-refractivity contribution is 5.85. The van der Waals surface area contributed by atoms with Gasteiger partial charge >= 0.3 is 0 Å². The highest BCUT2D eigenvalue weighted by Gasteiger charge is 2.33. The van der Waals surface area contributed by atoms with Crippen molar-refractivity contribution < 1.29 is 15.3 Å². The van der Waals surface area contributed by atoms with Gasteiger partial charge in [0.2, 0.25) is 0 Å². The summed E-state index contributed by atoms with van der Waals surface area (Å²) in [7, 11) is 0. The predicted octanol–water partition coefficient (Wildman–Crippen LogP) is -1.52. The van der Waals surface area contributed by atoms with Crippen LogP contribution in [0.5, 0.6) is 0 Å². The van der Waals surface area contributed by atoms with E-state index in [0.29, 0.717) is 6.54 Å². The molecule has 1 heterocycles. The largest absolute Gasteiger partial charge is 0.389 e. The van der Waals surface area contributed by atoms with Crippen LogP contribution in [-0.2, 0) is 0 Å². The third-order valence-corrected chi connectivity index (χ3v) is 1.91. The zero-order valence-corrected chi connectivity index (χ0v) is 7.08. The molecule has 4 atom stereocenters. The van der Waals surface area contributed by atoms with Crippen LogP contribution in [0.3, 0.4) is 0 Å². The summed E-state index contributed by atoms with van der Waals surface area (Å²) in [6.07, 6.45) is -2.70. The van der Waals surface area contributed by atoms with Gasteiger partial charge in [0.15, 0.2) is 0 Å². The maximum atomic E-state index is 9.14. The van der Waals surface area contributed by atoms with Crippen molar-refractivity contribution in [2.45, 2.75) is 31.3 Å². The summed E-state index contributed by atoms with van der Waals surface area (Å²) in [6.45, 7) is 2.11. The highest BCUT2D eigenvalue weighted by Crippen LogP contribution is 2.09. The first-order valence-electron chi connectivity index (χ1n) is 3.40. The molecule has 0 saturated carbocycles. The molecule has 1 saturated heterocycles. The molecule has 0 amide bonds. The number of piperidine rings is 1. The van der Waals surface area contributed by atoms with E-state index < -0.39 is 18.3 Å². The summed E-state index contributed by atoms with van der Waals surface area (Å²) in [5, 5.41) is 30.1. The summed E-state index contributed by atoms with van der Waals surface area (Å²) in [4.78, 5) is 0. The molecule has 0 aliphatic carbocycles. The fraction of sp³-hybridized carbons (Fsp3) is 1.00. The van der Waals surface area contributed by atoms with Crippen LogP contribution >= 0.6 is 12.4 Å². The minimum atomic E-state index is -1.00. The lowest BCUT2D eigenvalue weighted by Gasteiger charge is -2.33. The van der Waals surface area contributed by atoms with Gasteiger partial charge in [-0.2, -0.15) is 0 Å². The van der Waals surface area contributed by atoms with Gasteiger partial charge in [0.25, 0.3) is 0 Å². The van der Waals surface area contributed by atoms with Crippen molar-refractivity contribution in [2.75, 3.05) is 6.54 Å². The second kappa shape index (κ2) is 4.23. The number of hydrogen-bond acceptors (Lipinski definition) is 4. The molecule has 0 aromatic rings. The van der Waals surface area contributed by atoms with Crippen molar-refractivity contribution >= 4 is 12.4 Å². The molecule has 11 heavy (non-hydrogen) atoms. The minimum Gasteiger partial charge on any atom is -0.389 e. The Balaban J connectivity index is 0.000001000. The number of nitrogens with one attached hydrogen (secondary N) is 1. The normalized spacial score (nSPS) is 44.7. The number of hydrogen-bond donors (Lipinski definition) is 4. The summed E-state index contributed by atoms with van der Waals surface area (Å²) >= 11 is 0. The number of rotatable bonds is 0. The molecule has 1 fully saturated rings. The molecular formula is C6H14ClNO3. The van der Waals surface area contributed by atoms with Crippen LogP contribution in [0.2, 0.25) is 0 Å². The van der Waals surface area contributed by atoms with Crippen LogP contribution in [0.1, 0.15) is 6.92 Å². The molecule has 0 radical (unpaired) electrons. The van der Waals surface area contributed by atoms with Crippen molar-refractivity contribution in [2.24, 2.45) is 0 Å². The van der Waals surface area contributed by atoms with Gasteiger partial charge < -0.3 is 20.6 Å². The van der Waals surface area contributed by atoms with E-state index in [9.17, 15) is 0 Å². The molecule has 0 aromatic carbocycles. The lowest BCUT2D eigenvalue weighted by Crippen LogP contribution is -2.58. The Morgan fingerprint density at radius 3 is 2.18 bits per heavy atom. The third-order valence-electron chi connectivity index (χ3n) is 1.91. The van der Waals surface area contributed by atoms with Gasteiger partial charge in [0.05, 0.1) is 12.2 Å². The van der Waals surface area contributed by atoms with Gasteiger partial charge in [-0.15, -0.1) is 12.4 Å². The number of halogens is 1. The van der Waals surface area contributed by atoms with E-state index in [1.165, 1.54) is 0 Å². The van der Waals surface area contributed by atoms with Crippen molar-refractivity contribution in [3.63, 3.8) is 0 Å². The summed E-state index contributed by atoms with van der Waals surface area (Å²) < 4.78 is 0. The lowest BCUT2D eigenvalue weighted by molar-refractivity contribution is -0.0910.